The number of aryl methyl sites for hydroxylation is 1. The van der Waals surface area contributed by atoms with E-state index in [1.54, 1.807) is 0 Å². The summed E-state index contributed by atoms with van der Waals surface area (Å²) in [6, 6.07) is 5.29. The molecule has 0 aliphatic heterocycles. The van der Waals surface area contributed by atoms with Crippen LogP contribution in [0.25, 0.3) is 0 Å². The minimum atomic E-state index is -3.88. The number of nitrogens with zero attached hydrogens (tertiary/aromatic N) is 3. The first kappa shape index (κ1) is 13.3. The van der Waals surface area contributed by atoms with Crippen LogP contribution in [-0.4, -0.2) is 25.0 Å². The molecule has 1 aromatic heterocycles. The maximum Gasteiger partial charge on any atom is 0.283 e. The van der Waals surface area contributed by atoms with Crippen LogP contribution in [0.15, 0.2) is 35.6 Å². The molecule has 0 radical (unpaired) electrons. The highest BCUT2D eigenvalue weighted by atomic mass is 32.2. The molecule has 0 amide bonds. The molecule has 0 unspecified atom stereocenters. The van der Waals surface area contributed by atoms with Gasteiger partial charge >= 0.3 is 0 Å². The number of imidazole rings is 1. The number of hydrogen-bond acceptors (Lipinski definition) is 4. The molecule has 1 aromatic carbocycles. The van der Waals surface area contributed by atoms with Gasteiger partial charge in [-0.15, -0.1) is 0 Å². The third-order valence-electron chi connectivity index (χ3n) is 2.69. The van der Waals surface area contributed by atoms with E-state index in [1.165, 1.54) is 43.2 Å². The van der Waals surface area contributed by atoms with E-state index in [4.69, 9.17) is 5.73 Å². The van der Waals surface area contributed by atoms with Crippen molar-refractivity contribution < 1.29 is 12.8 Å². The minimum absolute atomic E-state index is 0.0919. The van der Waals surface area contributed by atoms with Gasteiger partial charge in [-0.3, -0.25) is 4.31 Å². The Morgan fingerprint density at radius 3 is 2.63 bits per heavy atom. The first-order chi connectivity index (χ1) is 8.84. The lowest BCUT2D eigenvalue weighted by Crippen LogP contribution is -2.28. The average Bonchev–Trinajstić information content (AvgIpc) is 2.68. The molecule has 2 rings (SSSR count). The summed E-state index contributed by atoms with van der Waals surface area (Å²) in [6.07, 6.45) is 1.31. The zero-order valence-electron chi connectivity index (χ0n) is 10.4. The van der Waals surface area contributed by atoms with Crippen LogP contribution >= 0.6 is 0 Å². The van der Waals surface area contributed by atoms with Crippen LogP contribution < -0.4 is 10.0 Å². The maximum absolute atomic E-state index is 13.2. The van der Waals surface area contributed by atoms with Crippen LogP contribution in [0, 0.1) is 5.82 Å². The topological polar surface area (TPSA) is 81.2 Å². The summed E-state index contributed by atoms with van der Waals surface area (Å²) in [7, 11) is -1.03. The molecular weight excluding hydrogens is 271 g/mol. The number of nitrogens with two attached hydrogens (primary N) is 1. The Balaban J connectivity index is 2.52. The first-order valence-corrected chi connectivity index (χ1v) is 6.79. The Bertz CT molecular complexity index is 692. The third kappa shape index (κ3) is 2.26. The van der Waals surface area contributed by atoms with E-state index >= 15 is 0 Å². The first-order valence-electron chi connectivity index (χ1n) is 5.35. The predicted octanol–water partition coefficient (Wildman–Crippen LogP) is 0.967. The van der Waals surface area contributed by atoms with Gasteiger partial charge in [-0.25, -0.2) is 9.37 Å². The number of sulfonamides is 1. The quantitative estimate of drug-likeness (QED) is 0.910. The second-order valence-electron chi connectivity index (χ2n) is 4.00. The lowest BCUT2D eigenvalue weighted by Gasteiger charge is -2.19. The molecule has 0 saturated carbocycles. The summed E-state index contributed by atoms with van der Waals surface area (Å²) >= 11 is 0. The minimum Gasteiger partial charge on any atom is -0.381 e. The van der Waals surface area contributed by atoms with Gasteiger partial charge in [0.1, 0.15) is 5.82 Å². The summed E-state index contributed by atoms with van der Waals surface area (Å²) < 4.78 is 40.2. The van der Waals surface area contributed by atoms with Crippen LogP contribution in [0.1, 0.15) is 0 Å². The Morgan fingerprint density at radius 1 is 1.42 bits per heavy atom. The zero-order chi connectivity index (χ0) is 14.2. The van der Waals surface area contributed by atoms with Gasteiger partial charge in [0, 0.05) is 14.1 Å². The number of benzene rings is 1. The van der Waals surface area contributed by atoms with Crippen molar-refractivity contribution in [3.8, 4) is 0 Å². The van der Waals surface area contributed by atoms with Crippen molar-refractivity contribution >= 4 is 21.5 Å². The van der Waals surface area contributed by atoms with Crippen molar-refractivity contribution in [3.05, 3.63) is 36.4 Å². The van der Waals surface area contributed by atoms with E-state index in [0.717, 1.165) is 10.4 Å². The molecule has 2 aromatic rings. The SMILES string of the molecule is CN(c1cccc(F)c1)S(=O)(=O)c1c(N)ncn1C. The van der Waals surface area contributed by atoms with Gasteiger partial charge < -0.3 is 10.3 Å². The molecule has 0 fully saturated rings. The number of rotatable bonds is 3. The summed E-state index contributed by atoms with van der Waals surface area (Å²) in [4.78, 5) is 3.74. The molecule has 0 saturated heterocycles. The van der Waals surface area contributed by atoms with E-state index in [0.29, 0.717) is 0 Å². The van der Waals surface area contributed by atoms with Gasteiger partial charge in [-0.2, -0.15) is 8.42 Å². The number of hydrogen-bond donors (Lipinski definition) is 1. The van der Waals surface area contributed by atoms with Gasteiger partial charge in [0.05, 0.1) is 12.0 Å². The average molecular weight is 284 g/mol. The van der Waals surface area contributed by atoms with Gasteiger partial charge in [-0.05, 0) is 18.2 Å². The van der Waals surface area contributed by atoms with Crippen LogP contribution in [0.3, 0.4) is 0 Å². The summed E-state index contributed by atoms with van der Waals surface area (Å²) in [5.74, 6) is -0.608. The van der Waals surface area contributed by atoms with Gasteiger partial charge in [0.15, 0.2) is 10.8 Å². The number of anilines is 2. The number of halogens is 1. The Morgan fingerprint density at radius 2 is 2.11 bits per heavy atom. The molecule has 2 N–H and O–H groups in total. The standard InChI is InChI=1S/C11H13FN4O2S/c1-15-7-14-10(13)11(15)19(17,18)16(2)9-5-3-4-8(12)6-9/h3-7H,13H2,1-2H3. The maximum atomic E-state index is 13.2. The molecule has 19 heavy (non-hydrogen) atoms. The third-order valence-corrected chi connectivity index (χ3v) is 4.60. The van der Waals surface area contributed by atoms with Crippen molar-refractivity contribution in [2.45, 2.75) is 5.03 Å². The van der Waals surface area contributed by atoms with Crippen molar-refractivity contribution in [3.63, 3.8) is 0 Å². The Hall–Kier alpha value is -2.09. The summed E-state index contributed by atoms with van der Waals surface area (Å²) in [6.45, 7) is 0. The molecular formula is C11H13FN4O2S. The molecule has 102 valence electrons. The molecule has 0 atom stereocenters. The van der Waals surface area contributed by atoms with E-state index in [9.17, 15) is 12.8 Å². The number of nitrogen functional groups attached to an aromatic ring is 1. The Labute approximate surface area is 110 Å². The van der Waals surface area contributed by atoms with Gasteiger partial charge in [0.2, 0.25) is 0 Å². The highest BCUT2D eigenvalue weighted by Gasteiger charge is 2.27. The van der Waals surface area contributed by atoms with E-state index in [1.807, 2.05) is 0 Å². The molecule has 0 aliphatic carbocycles. The highest BCUT2D eigenvalue weighted by molar-refractivity contribution is 7.92. The molecule has 0 aliphatic rings. The smallest absolute Gasteiger partial charge is 0.283 e. The molecule has 1 heterocycles. The van der Waals surface area contributed by atoms with Crippen LogP contribution in [0.2, 0.25) is 0 Å². The van der Waals surface area contributed by atoms with E-state index < -0.39 is 15.8 Å². The second kappa shape index (κ2) is 4.54. The number of aromatic nitrogens is 2. The fourth-order valence-electron chi connectivity index (χ4n) is 1.69. The lowest BCUT2D eigenvalue weighted by molar-refractivity contribution is 0.584. The molecule has 0 bridgehead atoms. The Kier molecular flexibility index (Phi) is 3.19. The molecule has 0 spiro atoms. The largest absolute Gasteiger partial charge is 0.381 e. The summed E-state index contributed by atoms with van der Waals surface area (Å²) in [5.41, 5.74) is 5.77. The van der Waals surface area contributed by atoms with Crippen LogP contribution in [-0.2, 0) is 17.1 Å². The van der Waals surface area contributed by atoms with E-state index in [-0.39, 0.29) is 16.5 Å². The predicted molar refractivity (Wildman–Crippen MR) is 69.6 cm³/mol. The van der Waals surface area contributed by atoms with Crippen molar-refractivity contribution in [2.24, 2.45) is 7.05 Å². The van der Waals surface area contributed by atoms with Crippen LogP contribution in [0.4, 0.5) is 15.9 Å². The van der Waals surface area contributed by atoms with Gasteiger partial charge in [0.25, 0.3) is 10.0 Å². The normalized spacial score (nSPS) is 11.5. The van der Waals surface area contributed by atoms with Crippen molar-refractivity contribution in [1.29, 1.82) is 0 Å². The lowest BCUT2D eigenvalue weighted by atomic mass is 10.3. The zero-order valence-corrected chi connectivity index (χ0v) is 11.2. The van der Waals surface area contributed by atoms with Crippen molar-refractivity contribution in [1.82, 2.24) is 9.55 Å². The monoisotopic (exact) mass is 284 g/mol. The van der Waals surface area contributed by atoms with E-state index in [2.05, 4.69) is 4.98 Å². The van der Waals surface area contributed by atoms with Gasteiger partial charge in [-0.1, -0.05) is 6.07 Å². The second-order valence-corrected chi connectivity index (χ2v) is 5.88. The van der Waals surface area contributed by atoms with Crippen molar-refractivity contribution in [2.75, 3.05) is 17.1 Å². The van der Waals surface area contributed by atoms with Crippen LogP contribution in [0.5, 0.6) is 0 Å². The highest BCUT2D eigenvalue weighted by Crippen LogP contribution is 2.25. The fraction of sp³-hybridized carbons (Fsp3) is 0.182. The molecule has 6 nitrogen and oxygen atoms in total. The molecule has 8 heteroatoms. The fourth-order valence-corrected chi connectivity index (χ4v) is 3.07. The summed E-state index contributed by atoms with van der Waals surface area (Å²) in [5, 5.41) is -0.126.